The normalized spacial score (nSPS) is 21.6. The van der Waals surface area contributed by atoms with Crippen molar-refractivity contribution >= 4 is 51.7 Å². The number of halogens is 1. The zero-order valence-electron chi connectivity index (χ0n) is 15.5. The van der Waals surface area contributed by atoms with Crippen LogP contribution in [0, 0.1) is 0 Å². The van der Waals surface area contributed by atoms with Gasteiger partial charge in [-0.3, -0.25) is 0 Å². The Hall–Kier alpha value is -1.71. The van der Waals surface area contributed by atoms with Crippen LogP contribution in [0.4, 0.5) is 5.82 Å². The highest BCUT2D eigenvalue weighted by molar-refractivity contribution is 7.79. The molecule has 9 heteroatoms. The molecular weight excluding hydrogens is 382 g/mol. The molecule has 1 aromatic heterocycles. The van der Waals surface area contributed by atoms with Crippen LogP contribution < -0.4 is 16.2 Å². The maximum atomic E-state index is 6.04. The molecule has 0 bridgehead atoms. The molecule has 2 fully saturated rings. The average Bonchev–Trinajstić information content (AvgIpc) is 3.08. The monoisotopic (exact) mass is 405 g/mol. The second kappa shape index (κ2) is 9.48. The van der Waals surface area contributed by atoms with E-state index in [1.54, 1.807) is 6.07 Å². The first-order valence-electron chi connectivity index (χ1n) is 8.96. The third-order valence-corrected chi connectivity index (χ3v) is 4.75. The van der Waals surface area contributed by atoms with Crippen LogP contribution in [0.1, 0.15) is 19.2 Å². The molecule has 2 saturated heterocycles. The number of hydrogen-bond acceptors (Lipinski definition) is 7. The lowest BCUT2D eigenvalue weighted by Crippen LogP contribution is -2.40. The Morgan fingerprint density at radius 2 is 2.07 bits per heavy atom. The predicted molar refractivity (Wildman–Crippen MR) is 115 cm³/mol. The maximum Gasteiger partial charge on any atom is 0.165 e. The van der Waals surface area contributed by atoms with E-state index in [-0.39, 0.29) is 0 Å². The standard InChI is InChI=1S/C13H12ClN5S.C5H12N2/c1-7-4-11(19-18-7)16-13-9-5-8(14)2-3-10(9)15-12(6-20)17-13;1-7-4-2-6-3-5-7/h2-3,5-7,18H,4H2,1H3,(H,15,16,17,19);6H,2-5H2,1H3. The molecule has 2 aromatic rings. The van der Waals surface area contributed by atoms with Gasteiger partial charge >= 0.3 is 0 Å². The van der Waals surface area contributed by atoms with E-state index in [1.165, 1.54) is 18.5 Å². The molecule has 0 saturated carbocycles. The van der Waals surface area contributed by atoms with Gasteiger partial charge in [-0.15, -0.1) is 0 Å². The van der Waals surface area contributed by atoms with Gasteiger partial charge in [-0.1, -0.05) is 23.8 Å². The zero-order valence-corrected chi connectivity index (χ0v) is 17.1. The van der Waals surface area contributed by atoms with Gasteiger partial charge in [-0.05, 0) is 32.2 Å². The first kappa shape index (κ1) is 20.0. The van der Waals surface area contributed by atoms with Gasteiger partial charge in [0, 0.05) is 54.4 Å². The Bertz CT molecular complexity index is 836. The molecule has 7 nitrogen and oxygen atoms in total. The van der Waals surface area contributed by atoms with E-state index in [0.29, 0.717) is 22.7 Å². The summed E-state index contributed by atoms with van der Waals surface area (Å²) in [5, 5.41) is 6.16. The molecule has 2 aliphatic rings. The Balaban J connectivity index is 0.000000253. The minimum absolute atomic E-state index is 0.343. The van der Waals surface area contributed by atoms with E-state index in [4.69, 9.17) is 23.8 Å². The van der Waals surface area contributed by atoms with Crippen molar-refractivity contribution in [2.75, 3.05) is 33.2 Å². The van der Waals surface area contributed by atoms with Gasteiger partial charge in [-0.25, -0.2) is 20.4 Å². The van der Waals surface area contributed by atoms with Crippen molar-refractivity contribution < 1.29 is 0 Å². The van der Waals surface area contributed by atoms with Gasteiger partial charge in [0.25, 0.3) is 0 Å². The lowest BCUT2D eigenvalue weighted by Gasteiger charge is -2.21. The van der Waals surface area contributed by atoms with E-state index >= 15 is 0 Å². The molecule has 4 rings (SSSR count). The number of piperazine rings is 1. The summed E-state index contributed by atoms with van der Waals surface area (Å²) in [4.78, 5) is 15.6. The number of thiocarbonyl (C=S) groups is 1. The summed E-state index contributed by atoms with van der Waals surface area (Å²) in [5.41, 5.74) is 6.92. The average molecular weight is 406 g/mol. The quantitative estimate of drug-likeness (QED) is 0.660. The second-order valence-electron chi connectivity index (χ2n) is 6.67. The van der Waals surface area contributed by atoms with Crippen LogP contribution in [0.5, 0.6) is 0 Å². The number of rotatable bonds is 2. The lowest BCUT2D eigenvalue weighted by molar-refractivity contribution is 0.291. The zero-order chi connectivity index (χ0) is 19.2. The van der Waals surface area contributed by atoms with Crippen LogP contribution in [0.3, 0.4) is 0 Å². The van der Waals surface area contributed by atoms with Crippen molar-refractivity contribution in [3.05, 3.63) is 29.0 Å². The number of hydrazine groups is 1. The fraction of sp³-hybridized carbons (Fsp3) is 0.444. The third kappa shape index (κ3) is 5.63. The molecule has 2 aliphatic heterocycles. The van der Waals surface area contributed by atoms with Crippen LogP contribution in [0.25, 0.3) is 10.9 Å². The van der Waals surface area contributed by atoms with Gasteiger partial charge in [0.2, 0.25) is 0 Å². The lowest BCUT2D eigenvalue weighted by atomic mass is 10.2. The molecule has 144 valence electrons. The molecular formula is C18H24ClN7S. The second-order valence-corrected chi connectivity index (χ2v) is 7.34. The van der Waals surface area contributed by atoms with E-state index in [1.807, 2.05) is 12.1 Å². The van der Waals surface area contributed by atoms with Crippen LogP contribution >= 0.6 is 23.8 Å². The Morgan fingerprint density at radius 3 is 2.67 bits per heavy atom. The summed E-state index contributed by atoms with van der Waals surface area (Å²) in [6, 6.07) is 5.79. The van der Waals surface area contributed by atoms with Gasteiger partial charge in [-0.2, -0.15) is 0 Å². The summed E-state index contributed by atoms with van der Waals surface area (Å²) in [6.07, 6.45) is 0.818. The van der Waals surface area contributed by atoms with Crippen molar-refractivity contribution in [1.29, 1.82) is 0 Å². The predicted octanol–water partition coefficient (Wildman–Crippen LogP) is 2.07. The summed E-state index contributed by atoms with van der Waals surface area (Å²) in [5.74, 6) is 1.90. The van der Waals surface area contributed by atoms with Crippen molar-refractivity contribution in [1.82, 2.24) is 31.0 Å². The molecule has 0 amide bonds. The smallest absolute Gasteiger partial charge is 0.165 e. The van der Waals surface area contributed by atoms with Crippen molar-refractivity contribution in [2.24, 2.45) is 4.99 Å². The summed E-state index contributed by atoms with van der Waals surface area (Å²) >= 11 is 11.0. The summed E-state index contributed by atoms with van der Waals surface area (Å²) < 4.78 is 0. The van der Waals surface area contributed by atoms with Gasteiger partial charge in [0.1, 0.15) is 5.84 Å². The van der Waals surface area contributed by atoms with Crippen LogP contribution in [-0.2, 0) is 0 Å². The summed E-state index contributed by atoms with van der Waals surface area (Å²) in [7, 11) is 2.15. The van der Waals surface area contributed by atoms with E-state index in [0.717, 1.165) is 36.2 Å². The molecule has 27 heavy (non-hydrogen) atoms. The number of likely N-dealkylation sites (N-methyl/N-ethyl adjacent to an activating group) is 1. The van der Waals surface area contributed by atoms with E-state index in [2.05, 4.69) is 50.0 Å². The Labute approximate surface area is 169 Å². The number of aromatic nitrogens is 2. The minimum Gasteiger partial charge on any atom is -0.314 e. The van der Waals surface area contributed by atoms with Gasteiger partial charge in [0.15, 0.2) is 11.6 Å². The third-order valence-electron chi connectivity index (χ3n) is 4.30. The molecule has 0 spiro atoms. The number of aliphatic imine (C=N–C) groups is 1. The molecule has 1 unspecified atom stereocenters. The number of amidine groups is 1. The fourth-order valence-corrected chi connectivity index (χ4v) is 3.09. The van der Waals surface area contributed by atoms with Crippen molar-refractivity contribution in [3.63, 3.8) is 0 Å². The molecule has 1 aromatic carbocycles. The van der Waals surface area contributed by atoms with E-state index < -0.39 is 0 Å². The highest BCUT2D eigenvalue weighted by Crippen LogP contribution is 2.26. The molecule has 3 N–H and O–H groups in total. The number of benzene rings is 1. The van der Waals surface area contributed by atoms with Crippen molar-refractivity contribution in [2.45, 2.75) is 19.4 Å². The first-order chi connectivity index (χ1) is 13.0. The number of nitrogens with zero attached hydrogens (tertiary/aromatic N) is 4. The summed E-state index contributed by atoms with van der Waals surface area (Å²) in [6.45, 7) is 6.82. The molecule has 3 heterocycles. The van der Waals surface area contributed by atoms with E-state index in [9.17, 15) is 0 Å². The topological polar surface area (TPSA) is 77.5 Å². The van der Waals surface area contributed by atoms with Gasteiger partial charge < -0.3 is 15.6 Å². The number of hydrogen-bond donors (Lipinski definition) is 3. The minimum atomic E-state index is 0.343. The van der Waals surface area contributed by atoms with Crippen molar-refractivity contribution in [3.8, 4) is 0 Å². The highest BCUT2D eigenvalue weighted by Gasteiger charge is 2.16. The molecule has 0 aliphatic carbocycles. The van der Waals surface area contributed by atoms with Crippen LogP contribution in [0.15, 0.2) is 23.2 Å². The maximum absolute atomic E-state index is 6.04. The number of nitrogens with one attached hydrogen (secondary N) is 3. The highest BCUT2D eigenvalue weighted by atomic mass is 35.5. The largest absolute Gasteiger partial charge is 0.314 e. The molecule has 1 atom stereocenters. The van der Waals surface area contributed by atoms with Gasteiger partial charge in [0.05, 0.1) is 5.52 Å². The first-order valence-corrected chi connectivity index (χ1v) is 9.81. The SMILES string of the molecule is CC1CC(=Nc2nc(C=S)nc3ccc(Cl)cc23)NN1.CN1CCNCC1. The molecule has 0 radical (unpaired) electrons. The van der Waals surface area contributed by atoms with Crippen LogP contribution in [0.2, 0.25) is 5.02 Å². The Kier molecular flexibility index (Phi) is 7.03. The Morgan fingerprint density at radius 1 is 1.30 bits per heavy atom. The fourth-order valence-electron chi connectivity index (χ4n) is 2.82. The number of fused-ring (bicyclic) bond motifs is 1. The van der Waals surface area contributed by atoms with Crippen LogP contribution in [-0.4, -0.2) is 65.3 Å².